The predicted molar refractivity (Wildman–Crippen MR) is 90.6 cm³/mol. The van der Waals surface area contributed by atoms with E-state index in [0.717, 1.165) is 16.8 Å². The molecule has 4 nitrogen and oxygen atoms in total. The third-order valence-corrected chi connectivity index (χ3v) is 3.81. The van der Waals surface area contributed by atoms with E-state index in [9.17, 15) is 4.39 Å². The molecule has 2 rings (SSSR count). The van der Waals surface area contributed by atoms with E-state index in [1.165, 1.54) is 18.3 Å². The van der Waals surface area contributed by atoms with E-state index in [2.05, 4.69) is 26.2 Å². The predicted octanol–water partition coefficient (Wildman–Crippen LogP) is 3.55. The largest absolute Gasteiger partial charge is 0.469 e. The molecular formula is C16H19BrFN3O. The van der Waals surface area contributed by atoms with Crippen LogP contribution in [0, 0.1) is 5.82 Å². The number of hydrogen-bond acceptors (Lipinski definition) is 4. The molecule has 0 fully saturated rings. The summed E-state index contributed by atoms with van der Waals surface area (Å²) in [5.74, 6) is 0.401. The third kappa shape index (κ3) is 3.88. The fourth-order valence-corrected chi connectivity index (χ4v) is 2.71. The van der Waals surface area contributed by atoms with E-state index in [4.69, 9.17) is 10.5 Å². The molecule has 0 aliphatic carbocycles. The van der Waals surface area contributed by atoms with Crippen molar-refractivity contribution < 1.29 is 9.13 Å². The van der Waals surface area contributed by atoms with Gasteiger partial charge >= 0.3 is 0 Å². The molecule has 1 aliphatic heterocycles. The average molecular weight is 368 g/mol. The van der Waals surface area contributed by atoms with E-state index in [0.29, 0.717) is 23.2 Å². The van der Waals surface area contributed by atoms with Gasteiger partial charge in [0.05, 0.1) is 5.70 Å². The first-order valence-corrected chi connectivity index (χ1v) is 7.86. The third-order valence-electron chi connectivity index (χ3n) is 3.16. The van der Waals surface area contributed by atoms with Gasteiger partial charge in [-0.05, 0) is 59.7 Å². The molecule has 22 heavy (non-hydrogen) atoms. The van der Waals surface area contributed by atoms with Gasteiger partial charge in [-0.2, -0.15) is 0 Å². The lowest BCUT2D eigenvalue weighted by atomic mass is 10.1. The maximum absolute atomic E-state index is 13.3. The number of halogens is 2. The number of benzene rings is 1. The summed E-state index contributed by atoms with van der Waals surface area (Å²) in [4.78, 5) is 4.21. The monoisotopic (exact) mass is 367 g/mol. The second-order valence-electron chi connectivity index (χ2n) is 4.88. The molecule has 6 heteroatoms. The van der Waals surface area contributed by atoms with Crippen molar-refractivity contribution in [2.45, 2.75) is 26.5 Å². The molecule has 0 saturated heterocycles. The Kier molecular flexibility index (Phi) is 5.60. The molecule has 0 bridgehead atoms. The van der Waals surface area contributed by atoms with Gasteiger partial charge in [-0.25, -0.2) is 4.39 Å². The van der Waals surface area contributed by atoms with Crippen molar-refractivity contribution in [3.05, 3.63) is 51.5 Å². The lowest BCUT2D eigenvalue weighted by Crippen LogP contribution is -2.20. The first-order chi connectivity index (χ1) is 10.5. The number of ether oxygens (including phenoxy) is 1. The maximum atomic E-state index is 13.3. The van der Waals surface area contributed by atoms with Gasteiger partial charge in [0.1, 0.15) is 11.6 Å². The van der Waals surface area contributed by atoms with E-state index in [-0.39, 0.29) is 12.0 Å². The van der Waals surface area contributed by atoms with Gasteiger partial charge in [0.2, 0.25) is 0 Å². The van der Waals surface area contributed by atoms with Gasteiger partial charge in [0, 0.05) is 29.2 Å². The van der Waals surface area contributed by atoms with Crippen LogP contribution in [-0.4, -0.2) is 19.0 Å². The summed E-state index contributed by atoms with van der Waals surface area (Å²) >= 11 is 3.38. The standard InChI is InChI=1S/C16H19BrFN3O/c1-3-20-9-11(8-19)6-15-16(22-10(2)21-15)13-5-4-12(18)7-14(13)17/h4-5,7-10,21H,3,6,19H2,1-2H3. The normalized spacial score (nSPS) is 18.7. The zero-order valence-corrected chi connectivity index (χ0v) is 14.2. The highest BCUT2D eigenvalue weighted by molar-refractivity contribution is 9.10. The van der Waals surface area contributed by atoms with Crippen LogP contribution in [0.5, 0.6) is 0 Å². The Morgan fingerprint density at radius 1 is 1.55 bits per heavy atom. The summed E-state index contributed by atoms with van der Waals surface area (Å²) in [5.41, 5.74) is 8.25. The van der Waals surface area contributed by atoms with E-state index in [1.807, 2.05) is 13.8 Å². The van der Waals surface area contributed by atoms with Crippen molar-refractivity contribution in [2.75, 3.05) is 6.54 Å². The van der Waals surface area contributed by atoms with Crippen LogP contribution in [0.1, 0.15) is 25.8 Å². The molecule has 0 saturated carbocycles. The molecule has 0 radical (unpaired) electrons. The number of hydrogen-bond donors (Lipinski definition) is 2. The van der Waals surface area contributed by atoms with Gasteiger partial charge in [-0.3, -0.25) is 4.99 Å². The van der Waals surface area contributed by atoms with Crippen LogP contribution in [0.15, 0.2) is 45.1 Å². The Labute approximate surface area is 138 Å². The van der Waals surface area contributed by atoms with Gasteiger partial charge in [-0.1, -0.05) is 0 Å². The van der Waals surface area contributed by atoms with Crippen LogP contribution >= 0.6 is 15.9 Å². The Morgan fingerprint density at radius 2 is 2.32 bits per heavy atom. The van der Waals surface area contributed by atoms with Crippen LogP contribution < -0.4 is 11.1 Å². The Morgan fingerprint density at radius 3 is 2.95 bits per heavy atom. The Bertz CT molecular complexity index is 640. The summed E-state index contributed by atoms with van der Waals surface area (Å²) in [5, 5.41) is 3.27. The number of rotatable bonds is 5. The van der Waals surface area contributed by atoms with Crippen molar-refractivity contribution in [3.63, 3.8) is 0 Å². The lowest BCUT2D eigenvalue weighted by molar-refractivity contribution is 0.190. The Balaban J connectivity index is 2.34. The van der Waals surface area contributed by atoms with E-state index < -0.39 is 0 Å². The SMILES string of the molecule is CCN=CC(=CN)CC1=C(c2ccc(F)cc2Br)OC(C)N1. The maximum Gasteiger partial charge on any atom is 0.167 e. The smallest absolute Gasteiger partial charge is 0.167 e. The fraction of sp³-hybridized carbons (Fsp3) is 0.312. The van der Waals surface area contributed by atoms with Crippen LogP contribution in [0.2, 0.25) is 0 Å². The topological polar surface area (TPSA) is 59.6 Å². The highest BCUT2D eigenvalue weighted by Crippen LogP contribution is 2.33. The molecule has 118 valence electrons. The molecule has 1 unspecified atom stereocenters. The molecule has 1 atom stereocenters. The van der Waals surface area contributed by atoms with E-state index >= 15 is 0 Å². The fourth-order valence-electron chi connectivity index (χ4n) is 2.18. The lowest BCUT2D eigenvalue weighted by Gasteiger charge is -2.09. The summed E-state index contributed by atoms with van der Waals surface area (Å²) in [6, 6.07) is 4.53. The number of allylic oxidation sites excluding steroid dienone is 1. The minimum atomic E-state index is -0.297. The first-order valence-electron chi connectivity index (χ1n) is 7.07. The summed E-state index contributed by atoms with van der Waals surface area (Å²) < 4.78 is 19.8. The van der Waals surface area contributed by atoms with Crippen molar-refractivity contribution in [1.29, 1.82) is 0 Å². The second-order valence-corrected chi connectivity index (χ2v) is 5.74. The minimum Gasteiger partial charge on any atom is -0.469 e. The highest BCUT2D eigenvalue weighted by Gasteiger charge is 2.24. The number of aliphatic imine (C=N–C) groups is 1. The zero-order valence-electron chi connectivity index (χ0n) is 12.6. The van der Waals surface area contributed by atoms with Crippen LogP contribution in [0.3, 0.4) is 0 Å². The number of nitrogens with zero attached hydrogens (tertiary/aromatic N) is 1. The highest BCUT2D eigenvalue weighted by atomic mass is 79.9. The zero-order chi connectivity index (χ0) is 16.1. The molecular weight excluding hydrogens is 349 g/mol. The molecule has 0 spiro atoms. The first kappa shape index (κ1) is 16.5. The van der Waals surface area contributed by atoms with Crippen LogP contribution in [0.25, 0.3) is 5.76 Å². The molecule has 1 aromatic rings. The van der Waals surface area contributed by atoms with Crippen LogP contribution in [0.4, 0.5) is 4.39 Å². The summed E-state index contributed by atoms with van der Waals surface area (Å²) in [6.45, 7) is 4.58. The van der Waals surface area contributed by atoms with Crippen molar-refractivity contribution >= 4 is 27.9 Å². The van der Waals surface area contributed by atoms with Gasteiger partial charge < -0.3 is 15.8 Å². The minimum absolute atomic E-state index is 0.149. The molecule has 3 N–H and O–H groups in total. The summed E-state index contributed by atoms with van der Waals surface area (Å²) in [7, 11) is 0. The van der Waals surface area contributed by atoms with Gasteiger partial charge in [-0.15, -0.1) is 0 Å². The van der Waals surface area contributed by atoms with E-state index in [1.54, 1.807) is 12.3 Å². The van der Waals surface area contributed by atoms with Gasteiger partial charge in [0.25, 0.3) is 0 Å². The quantitative estimate of drug-likeness (QED) is 0.782. The molecule has 0 amide bonds. The molecule has 1 aromatic carbocycles. The van der Waals surface area contributed by atoms with Crippen molar-refractivity contribution in [2.24, 2.45) is 10.7 Å². The van der Waals surface area contributed by atoms with Gasteiger partial charge in [0.15, 0.2) is 6.23 Å². The van der Waals surface area contributed by atoms with Crippen LogP contribution in [-0.2, 0) is 4.74 Å². The number of nitrogens with one attached hydrogen (secondary N) is 1. The summed E-state index contributed by atoms with van der Waals surface area (Å²) in [6.07, 6.45) is 3.72. The van der Waals surface area contributed by atoms with Crippen molar-refractivity contribution in [3.8, 4) is 0 Å². The molecule has 1 aliphatic rings. The Hall–Kier alpha value is -1.82. The molecule has 1 heterocycles. The average Bonchev–Trinajstić information content (AvgIpc) is 2.83. The second kappa shape index (κ2) is 7.45. The molecule has 0 aromatic heterocycles. The number of nitrogens with two attached hydrogens (primary N) is 1. The van der Waals surface area contributed by atoms with Crippen molar-refractivity contribution in [1.82, 2.24) is 5.32 Å².